The molecule has 0 fully saturated rings. The number of carboxylic acids is 3. The van der Waals surface area contributed by atoms with Crippen molar-refractivity contribution in [3.05, 3.63) is 32.8 Å². The lowest BCUT2D eigenvalue weighted by Gasteiger charge is -2.09. The van der Waals surface area contributed by atoms with E-state index < -0.39 is 39.6 Å². The van der Waals surface area contributed by atoms with Gasteiger partial charge in [-0.2, -0.15) is 0 Å². The summed E-state index contributed by atoms with van der Waals surface area (Å²) in [7, 11) is 0. The van der Waals surface area contributed by atoms with E-state index in [1.54, 1.807) is 0 Å². The third-order valence-corrected chi connectivity index (χ3v) is 2.67. The predicted molar refractivity (Wildman–Crippen MR) is 57.3 cm³/mol. The van der Waals surface area contributed by atoms with E-state index in [0.29, 0.717) is 0 Å². The molecule has 17 heavy (non-hydrogen) atoms. The molecule has 0 aromatic heterocycles. The van der Waals surface area contributed by atoms with Gasteiger partial charge in [0.05, 0.1) is 26.7 Å². The monoisotopic (exact) mass is 278 g/mol. The molecule has 1 aromatic rings. The number of hydrogen-bond donors (Lipinski definition) is 3. The largest absolute Gasteiger partial charge is 0.478 e. The summed E-state index contributed by atoms with van der Waals surface area (Å²) < 4.78 is 0. The maximum atomic E-state index is 10.9. The standard InChI is InChI=1S/C9H4Cl2O6/c10-3-1-2(7(12)13)4(8(14)15)5(6(3)11)9(16)17/h1H,(H,12,13)(H,14,15)(H,16,17). The second-order valence-corrected chi connectivity index (χ2v) is 3.67. The molecule has 0 radical (unpaired) electrons. The van der Waals surface area contributed by atoms with Crippen molar-refractivity contribution in [2.75, 3.05) is 0 Å². The van der Waals surface area contributed by atoms with Gasteiger partial charge in [-0.15, -0.1) is 0 Å². The quantitative estimate of drug-likeness (QED) is 0.780. The SMILES string of the molecule is O=C(O)c1cc(Cl)c(Cl)c(C(=O)O)c1C(=O)O. The van der Waals surface area contributed by atoms with Crippen LogP contribution in [0.15, 0.2) is 6.07 Å². The van der Waals surface area contributed by atoms with E-state index in [0.717, 1.165) is 6.07 Å². The van der Waals surface area contributed by atoms with Gasteiger partial charge in [-0.25, -0.2) is 14.4 Å². The van der Waals surface area contributed by atoms with Crippen molar-refractivity contribution >= 4 is 41.1 Å². The molecule has 0 amide bonds. The smallest absolute Gasteiger partial charge is 0.338 e. The van der Waals surface area contributed by atoms with E-state index in [2.05, 4.69) is 0 Å². The Labute approximate surface area is 104 Å². The van der Waals surface area contributed by atoms with Crippen LogP contribution in [-0.2, 0) is 0 Å². The molecule has 0 saturated carbocycles. The molecule has 0 saturated heterocycles. The maximum absolute atomic E-state index is 10.9. The summed E-state index contributed by atoms with van der Waals surface area (Å²) in [5.41, 5.74) is -2.48. The number of carbonyl (C=O) groups is 3. The van der Waals surface area contributed by atoms with Crippen molar-refractivity contribution in [1.29, 1.82) is 0 Å². The third kappa shape index (κ3) is 2.32. The normalized spacial score (nSPS) is 10.0. The Hall–Kier alpha value is -1.79. The molecule has 0 heterocycles. The molecule has 0 atom stereocenters. The van der Waals surface area contributed by atoms with Gasteiger partial charge in [0, 0.05) is 0 Å². The van der Waals surface area contributed by atoms with E-state index >= 15 is 0 Å². The van der Waals surface area contributed by atoms with Gasteiger partial charge >= 0.3 is 17.9 Å². The fourth-order valence-corrected chi connectivity index (χ4v) is 1.65. The zero-order valence-electron chi connectivity index (χ0n) is 7.90. The van der Waals surface area contributed by atoms with Crippen LogP contribution in [0.1, 0.15) is 31.1 Å². The van der Waals surface area contributed by atoms with Gasteiger partial charge < -0.3 is 15.3 Å². The molecule has 6 nitrogen and oxygen atoms in total. The first-order valence-corrected chi connectivity index (χ1v) is 4.74. The highest BCUT2D eigenvalue weighted by atomic mass is 35.5. The lowest BCUT2D eigenvalue weighted by Crippen LogP contribution is -2.15. The van der Waals surface area contributed by atoms with E-state index in [-0.39, 0.29) is 5.02 Å². The van der Waals surface area contributed by atoms with Crippen LogP contribution in [0.25, 0.3) is 0 Å². The van der Waals surface area contributed by atoms with Gasteiger partial charge in [0.25, 0.3) is 0 Å². The first-order valence-electron chi connectivity index (χ1n) is 3.99. The van der Waals surface area contributed by atoms with Crippen LogP contribution in [0.2, 0.25) is 10.0 Å². The van der Waals surface area contributed by atoms with Crippen molar-refractivity contribution in [2.24, 2.45) is 0 Å². The molecule has 1 rings (SSSR count). The van der Waals surface area contributed by atoms with Crippen molar-refractivity contribution in [3.8, 4) is 0 Å². The number of rotatable bonds is 3. The second kappa shape index (κ2) is 4.60. The van der Waals surface area contributed by atoms with E-state index in [1.807, 2.05) is 0 Å². The van der Waals surface area contributed by atoms with Gasteiger partial charge in [0.15, 0.2) is 0 Å². The van der Waals surface area contributed by atoms with Crippen LogP contribution in [0.4, 0.5) is 0 Å². The van der Waals surface area contributed by atoms with Crippen LogP contribution in [0.5, 0.6) is 0 Å². The third-order valence-electron chi connectivity index (χ3n) is 1.88. The molecular formula is C9H4Cl2O6. The molecular weight excluding hydrogens is 275 g/mol. The van der Waals surface area contributed by atoms with Gasteiger partial charge in [-0.3, -0.25) is 0 Å². The van der Waals surface area contributed by atoms with Crippen molar-refractivity contribution in [3.63, 3.8) is 0 Å². The highest BCUT2D eigenvalue weighted by Crippen LogP contribution is 2.31. The summed E-state index contributed by atoms with van der Waals surface area (Å²) in [4.78, 5) is 32.6. The van der Waals surface area contributed by atoms with Crippen LogP contribution in [-0.4, -0.2) is 33.2 Å². The minimum Gasteiger partial charge on any atom is -0.478 e. The Morgan fingerprint density at radius 2 is 1.35 bits per heavy atom. The topological polar surface area (TPSA) is 112 Å². The van der Waals surface area contributed by atoms with Gasteiger partial charge in [-0.1, -0.05) is 23.2 Å². The Morgan fingerprint density at radius 3 is 1.71 bits per heavy atom. The van der Waals surface area contributed by atoms with Gasteiger partial charge in [0.1, 0.15) is 0 Å². The predicted octanol–water partition coefficient (Wildman–Crippen LogP) is 2.09. The highest BCUT2D eigenvalue weighted by molar-refractivity contribution is 6.44. The molecule has 1 aromatic carbocycles. The minimum absolute atomic E-state index is 0.341. The average Bonchev–Trinajstić information content (AvgIpc) is 2.19. The summed E-state index contributed by atoms with van der Waals surface area (Å²) in [6, 6.07) is 0.794. The lowest BCUT2D eigenvalue weighted by atomic mass is 10.0. The molecule has 0 aliphatic heterocycles. The minimum atomic E-state index is -1.71. The number of aromatic carboxylic acids is 3. The van der Waals surface area contributed by atoms with Crippen molar-refractivity contribution in [2.45, 2.75) is 0 Å². The molecule has 0 aliphatic carbocycles. The Balaban J connectivity index is 3.83. The van der Waals surface area contributed by atoms with Crippen LogP contribution < -0.4 is 0 Å². The van der Waals surface area contributed by atoms with E-state index in [4.69, 9.17) is 38.5 Å². The zero-order chi connectivity index (χ0) is 13.3. The Kier molecular flexibility index (Phi) is 3.59. The number of carboxylic acid groups (broad SMARTS) is 3. The summed E-state index contributed by atoms with van der Waals surface area (Å²) >= 11 is 11.1. The van der Waals surface area contributed by atoms with Crippen LogP contribution in [0.3, 0.4) is 0 Å². The molecule has 0 aliphatic rings. The zero-order valence-corrected chi connectivity index (χ0v) is 9.41. The molecule has 0 spiro atoms. The van der Waals surface area contributed by atoms with Crippen LogP contribution >= 0.6 is 23.2 Å². The van der Waals surface area contributed by atoms with Crippen LogP contribution in [0, 0.1) is 0 Å². The number of benzene rings is 1. The summed E-state index contributed by atoms with van der Waals surface area (Å²) in [5, 5.41) is 25.6. The molecule has 90 valence electrons. The summed E-state index contributed by atoms with van der Waals surface area (Å²) in [5.74, 6) is -4.99. The fraction of sp³-hybridized carbons (Fsp3) is 0. The highest BCUT2D eigenvalue weighted by Gasteiger charge is 2.28. The molecule has 3 N–H and O–H groups in total. The molecule has 0 unspecified atom stereocenters. The first-order chi connectivity index (χ1) is 7.77. The Morgan fingerprint density at radius 1 is 0.882 bits per heavy atom. The molecule has 0 bridgehead atoms. The van der Waals surface area contributed by atoms with Gasteiger partial charge in [0.2, 0.25) is 0 Å². The van der Waals surface area contributed by atoms with Crippen molar-refractivity contribution < 1.29 is 29.7 Å². The van der Waals surface area contributed by atoms with Gasteiger partial charge in [-0.05, 0) is 6.07 Å². The van der Waals surface area contributed by atoms with Crippen molar-refractivity contribution in [1.82, 2.24) is 0 Å². The number of halogens is 2. The Bertz CT molecular complexity index is 537. The average molecular weight is 279 g/mol. The first kappa shape index (κ1) is 13.3. The van der Waals surface area contributed by atoms with E-state index in [1.165, 1.54) is 0 Å². The second-order valence-electron chi connectivity index (χ2n) is 2.89. The fourth-order valence-electron chi connectivity index (χ4n) is 1.22. The van der Waals surface area contributed by atoms with E-state index in [9.17, 15) is 14.4 Å². The number of hydrogen-bond acceptors (Lipinski definition) is 3. The summed E-state index contributed by atoms with van der Waals surface area (Å²) in [6.45, 7) is 0. The maximum Gasteiger partial charge on any atom is 0.338 e. The summed E-state index contributed by atoms with van der Waals surface area (Å²) in [6.07, 6.45) is 0. The molecule has 8 heteroatoms. The lowest BCUT2D eigenvalue weighted by molar-refractivity contribution is 0.0633.